The van der Waals surface area contributed by atoms with Crippen molar-refractivity contribution in [3.05, 3.63) is 53.1 Å². The van der Waals surface area contributed by atoms with Crippen molar-refractivity contribution in [2.24, 2.45) is 4.99 Å². The number of aliphatic imine (C=N–C) groups is 1. The molecule has 0 amide bonds. The Bertz CT molecular complexity index is 736. The summed E-state index contributed by atoms with van der Waals surface area (Å²) in [5, 5.41) is 4.48. The van der Waals surface area contributed by atoms with E-state index in [1.807, 2.05) is 19.9 Å². The van der Waals surface area contributed by atoms with Crippen LogP contribution in [0.5, 0.6) is 0 Å². The molecule has 0 aromatic heterocycles. The number of hydrogen-bond donors (Lipinski definition) is 1. The van der Waals surface area contributed by atoms with Gasteiger partial charge in [-0.2, -0.15) is 0 Å². The van der Waals surface area contributed by atoms with E-state index in [0.29, 0.717) is 6.61 Å². The molecule has 1 heterocycles. The number of nitrogens with one attached hydrogen (secondary N) is 1. The third-order valence-electron chi connectivity index (χ3n) is 4.90. The molecule has 2 atom stereocenters. The van der Waals surface area contributed by atoms with Gasteiger partial charge < -0.3 is 10.1 Å². The van der Waals surface area contributed by atoms with E-state index in [9.17, 15) is 4.39 Å². The Kier molecular flexibility index (Phi) is 9.10. The second-order valence-corrected chi connectivity index (χ2v) is 8.31. The average Bonchev–Trinajstić information content (AvgIpc) is 3.12. The molecule has 0 saturated carbocycles. The molecule has 0 radical (unpaired) electrons. The first-order valence-corrected chi connectivity index (χ1v) is 11.1. The maximum absolute atomic E-state index is 13.5. The minimum Gasteiger partial charge on any atom is -0.487 e. The van der Waals surface area contributed by atoms with Gasteiger partial charge in [-0.3, -0.25) is 4.99 Å². The Balaban J connectivity index is 1.86. The van der Waals surface area contributed by atoms with Crippen LogP contribution in [0.2, 0.25) is 0 Å². The summed E-state index contributed by atoms with van der Waals surface area (Å²) in [4.78, 5) is 4.83. The quantitative estimate of drug-likeness (QED) is 0.357. The number of aryl methyl sites for hydroxylation is 1. The minimum atomic E-state index is -0.211. The number of benzene rings is 1. The van der Waals surface area contributed by atoms with Crippen LogP contribution in [0.4, 0.5) is 10.1 Å². The number of ether oxygens (including phenoxy) is 1. The van der Waals surface area contributed by atoms with Crippen molar-refractivity contribution < 1.29 is 9.13 Å². The van der Waals surface area contributed by atoms with Crippen LogP contribution in [0.25, 0.3) is 0 Å². The summed E-state index contributed by atoms with van der Waals surface area (Å²) in [6.45, 7) is 11.0. The predicted octanol–water partition coefficient (Wildman–Crippen LogP) is 6.51. The van der Waals surface area contributed by atoms with Crippen molar-refractivity contribution in [3.8, 4) is 0 Å². The maximum atomic E-state index is 13.5. The SMILES string of the molecule is C/C=C(\C=C(CC)CC)OCC1=NC(CC(C)Nc2cc(F)ccc2C)CS1. The molecule has 1 aliphatic rings. The highest BCUT2D eigenvalue weighted by Crippen LogP contribution is 2.24. The highest BCUT2D eigenvalue weighted by molar-refractivity contribution is 8.14. The van der Waals surface area contributed by atoms with Gasteiger partial charge in [-0.1, -0.05) is 25.5 Å². The van der Waals surface area contributed by atoms with E-state index in [4.69, 9.17) is 9.73 Å². The van der Waals surface area contributed by atoms with Crippen molar-refractivity contribution in [3.63, 3.8) is 0 Å². The van der Waals surface area contributed by atoms with Gasteiger partial charge in [0.05, 0.1) is 6.04 Å². The van der Waals surface area contributed by atoms with Gasteiger partial charge in [0.25, 0.3) is 0 Å². The van der Waals surface area contributed by atoms with Gasteiger partial charge in [-0.15, -0.1) is 11.8 Å². The topological polar surface area (TPSA) is 33.6 Å². The number of hydrogen-bond acceptors (Lipinski definition) is 4. The summed E-state index contributed by atoms with van der Waals surface area (Å²) in [6, 6.07) is 5.35. The molecule has 0 spiro atoms. The van der Waals surface area contributed by atoms with Gasteiger partial charge in [0.1, 0.15) is 23.2 Å². The number of halogens is 1. The molecule has 5 heteroatoms. The predicted molar refractivity (Wildman–Crippen MR) is 121 cm³/mol. The Labute approximate surface area is 173 Å². The molecule has 0 bridgehead atoms. The number of thioether (sulfide) groups is 1. The van der Waals surface area contributed by atoms with Crippen molar-refractivity contribution in [1.82, 2.24) is 0 Å². The van der Waals surface area contributed by atoms with Crippen molar-refractivity contribution in [2.45, 2.75) is 66.0 Å². The molecule has 1 aromatic carbocycles. The van der Waals surface area contributed by atoms with E-state index < -0.39 is 0 Å². The fourth-order valence-corrected chi connectivity index (χ4v) is 4.12. The third kappa shape index (κ3) is 7.01. The highest BCUT2D eigenvalue weighted by atomic mass is 32.2. The molecule has 3 nitrogen and oxygen atoms in total. The molecular weight excluding hydrogens is 371 g/mol. The Morgan fingerprint density at radius 2 is 2.14 bits per heavy atom. The van der Waals surface area contributed by atoms with E-state index >= 15 is 0 Å². The lowest BCUT2D eigenvalue weighted by Crippen LogP contribution is -2.22. The zero-order valence-electron chi connectivity index (χ0n) is 17.7. The van der Waals surface area contributed by atoms with E-state index in [0.717, 1.165) is 47.1 Å². The molecule has 1 aromatic rings. The van der Waals surface area contributed by atoms with Gasteiger partial charge in [-0.25, -0.2) is 4.39 Å². The largest absolute Gasteiger partial charge is 0.487 e. The number of nitrogens with zero attached hydrogens (tertiary/aromatic N) is 1. The van der Waals surface area contributed by atoms with Crippen LogP contribution in [-0.4, -0.2) is 29.5 Å². The number of allylic oxidation sites excluding steroid dienone is 3. The Morgan fingerprint density at radius 3 is 2.82 bits per heavy atom. The van der Waals surface area contributed by atoms with Crippen LogP contribution in [-0.2, 0) is 4.74 Å². The summed E-state index contributed by atoms with van der Waals surface area (Å²) in [5.74, 6) is 1.68. The molecule has 0 saturated heterocycles. The molecule has 28 heavy (non-hydrogen) atoms. The van der Waals surface area contributed by atoms with Gasteiger partial charge in [0, 0.05) is 17.5 Å². The lowest BCUT2D eigenvalue weighted by molar-refractivity contribution is 0.274. The van der Waals surface area contributed by atoms with Crippen LogP contribution in [0.15, 0.2) is 46.7 Å². The van der Waals surface area contributed by atoms with Crippen LogP contribution in [0.3, 0.4) is 0 Å². The first-order valence-electron chi connectivity index (χ1n) is 10.2. The van der Waals surface area contributed by atoms with Gasteiger partial charge >= 0.3 is 0 Å². The van der Waals surface area contributed by atoms with E-state index in [1.165, 1.54) is 11.6 Å². The fraction of sp³-hybridized carbons (Fsp3) is 0.522. The van der Waals surface area contributed by atoms with Crippen molar-refractivity contribution in [1.29, 1.82) is 0 Å². The van der Waals surface area contributed by atoms with Gasteiger partial charge in [-0.05, 0) is 69.9 Å². The first kappa shape index (κ1) is 22.5. The molecule has 1 N–H and O–H groups in total. The fourth-order valence-electron chi connectivity index (χ4n) is 3.16. The molecule has 0 aliphatic carbocycles. The van der Waals surface area contributed by atoms with Crippen LogP contribution >= 0.6 is 11.8 Å². The summed E-state index contributed by atoms with van der Waals surface area (Å²) in [5.41, 5.74) is 3.30. The Morgan fingerprint density at radius 1 is 1.39 bits per heavy atom. The summed E-state index contributed by atoms with van der Waals surface area (Å²) in [6.07, 6.45) is 7.16. The van der Waals surface area contributed by atoms with E-state index in [1.54, 1.807) is 23.9 Å². The van der Waals surface area contributed by atoms with Crippen molar-refractivity contribution in [2.75, 3.05) is 17.7 Å². The monoisotopic (exact) mass is 404 g/mol. The lowest BCUT2D eigenvalue weighted by atomic mass is 10.1. The van der Waals surface area contributed by atoms with Crippen molar-refractivity contribution >= 4 is 22.5 Å². The zero-order valence-corrected chi connectivity index (χ0v) is 18.5. The second-order valence-electron chi connectivity index (χ2n) is 7.22. The number of anilines is 1. The third-order valence-corrected chi connectivity index (χ3v) is 6.01. The average molecular weight is 405 g/mol. The first-order chi connectivity index (χ1) is 13.4. The second kappa shape index (κ2) is 11.3. The smallest absolute Gasteiger partial charge is 0.136 e. The summed E-state index contributed by atoms with van der Waals surface area (Å²) >= 11 is 1.78. The molecule has 1 aliphatic heterocycles. The molecule has 0 fully saturated rings. The summed E-state index contributed by atoms with van der Waals surface area (Å²) in [7, 11) is 0. The van der Waals surface area contributed by atoms with E-state index in [2.05, 4.69) is 32.2 Å². The standard InChI is InChI=1S/C23H33FN2OS/c1-6-18(7-2)12-21(8-3)27-14-23-26-20(15-28-23)11-17(5)25-22-13-19(24)10-9-16(22)4/h8-10,12-13,17,20,25H,6-7,11,14-15H2,1-5H3/b21-8+. The van der Waals surface area contributed by atoms with Crippen LogP contribution in [0.1, 0.15) is 52.5 Å². The highest BCUT2D eigenvalue weighted by Gasteiger charge is 2.21. The minimum absolute atomic E-state index is 0.211. The molecule has 154 valence electrons. The molecular formula is C23H33FN2OS. The molecule has 2 rings (SSSR count). The van der Waals surface area contributed by atoms with Gasteiger partial charge in [0.15, 0.2) is 0 Å². The van der Waals surface area contributed by atoms with Crippen LogP contribution in [0, 0.1) is 12.7 Å². The van der Waals surface area contributed by atoms with Gasteiger partial charge in [0.2, 0.25) is 0 Å². The van der Waals surface area contributed by atoms with E-state index in [-0.39, 0.29) is 17.9 Å². The molecule has 2 unspecified atom stereocenters. The normalized spacial score (nSPS) is 17.9. The van der Waals surface area contributed by atoms with Crippen LogP contribution < -0.4 is 5.32 Å². The summed E-state index contributed by atoms with van der Waals surface area (Å²) < 4.78 is 19.4. The maximum Gasteiger partial charge on any atom is 0.136 e. The zero-order chi connectivity index (χ0) is 20.5. The Hall–Kier alpha value is -1.75. The lowest BCUT2D eigenvalue weighted by Gasteiger charge is -2.19. The number of rotatable bonds is 10.